The molecule has 87 heavy (non-hydrogen) atoms. The van der Waals surface area contributed by atoms with E-state index in [2.05, 4.69) is 39.4 Å². The van der Waals surface area contributed by atoms with Crippen LogP contribution in [0.25, 0.3) is 22.1 Å². The van der Waals surface area contributed by atoms with Crippen LogP contribution in [0.4, 0.5) is 38.5 Å². The molecule has 24 nitrogen and oxygen atoms in total. The molecule has 6 aliphatic rings. The molecule has 10 heterocycles. The van der Waals surface area contributed by atoms with E-state index in [1.807, 2.05) is 59.7 Å². The van der Waals surface area contributed by atoms with Gasteiger partial charge in [-0.1, -0.05) is 25.7 Å². The fraction of sp³-hybridized carbons (Fsp3) is 0.548. The summed E-state index contributed by atoms with van der Waals surface area (Å²) in [6.07, 6.45) is 15.8. The standard InChI is InChI=1S/C31H40N8O4.C17H24N4O3.C14H17ClN4O/c1-31(2,3)43-30(42)37-16-20-13-26(40)38(18-21(20)17-37)23-10-11-25(32-15-23)34-29-33-14-19-12-24(28(41)36(4)5)39(27(19)35-29)22-8-6-7-9-22;1-17(2,3)24-16(23)20-8-11-6-15(22)21(10-12(11)9-20)13-4-5-14(18)19-7-13;1-18(2)13(20)11-7-9-8-16-14(15)17-12(9)19(11)10-5-3-4-6-10/h10-12,14-15,20-22H,6-9,13,16-18H2,1-5H3,(H,32,33,34,35);4-5,7,11-12H,6,8-10H2,1-3H3,(H2,18,19);7-8,10H,3-6H2,1-2H3. The van der Waals surface area contributed by atoms with Crippen LogP contribution in [-0.4, -0.2) is 173 Å². The van der Waals surface area contributed by atoms with Crippen molar-refractivity contribution in [3.63, 3.8) is 0 Å². The number of nitrogen functional groups attached to an aromatic ring is 1. The predicted octanol–water partition coefficient (Wildman–Crippen LogP) is 9.39. The molecular weight excluding hydrogens is 1130 g/mol. The van der Waals surface area contributed by atoms with Gasteiger partial charge in [-0.3, -0.25) is 19.2 Å². The summed E-state index contributed by atoms with van der Waals surface area (Å²) in [6, 6.07) is 11.5. The lowest BCUT2D eigenvalue weighted by Gasteiger charge is -2.33. The number of aromatic nitrogens is 8. The number of amides is 6. The van der Waals surface area contributed by atoms with Crippen molar-refractivity contribution in [2.24, 2.45) is 23.7 Å². The van der Waals surface area contributed by atoms with Crippen LogP contribution in [0, 0.1) is 23.7 Å². The van der Waals surface area contributed by atoms with Crippen LogP contribution in [-0.2, 0) is 19.1 Å². The first-order chi connectivity index (χ1) is 41.3. The van der Waals surface area contributed by atoms with Crippen molar-refractivity contribution in [3.8, 4) is 0 Å². The highest BCUT2D eigenvalue weighted by molar-refractivity contribution is 6.28. The number of hydrogen-bond donors (Lipinski definition) is 2. The zero-order chi connectivity index (χ0) is 62.2. The topological polar surface area (TPSA) is 266 Å². The second-order valence-corrected chi connectivity index (χ2v) is 26.5. The molecular formula is C62H81ClN16O8. The van der Waals surface area contributed by atoms with E-state index in [0.29, 0.717) is 92.8 Å². The molecule has 6 aromatic rings. The van der Waals surface area contributed by atoms with Crippen molar-refractivity contribution in [2.45, 2.75) is 129 Å². The van der Waals surface area contributed by atoms with Gasteiger partial charge in [0.2, 0.25) is 23.0 Å². The van der Waals surface area contributed by atoms with Crippen molar-refractivity contribution >= 4 is 98.4 Å². The largest absolute Gasteiger partial charge is 0.444 e. The SMILES string of the molecule is CC(C)(C)OC(=O)N1CC2CC(=O)N(c3ccc(N)nc3)CC2C1.CN(C)C(=O)c1cc2cnc(Cl)nc2n1C1CCCC1.CN(C)C(=O)c1cc2cnc(Nc3ccc(N4CC5CN(C(=O)OC(C)(C)C)CC5CC4=O)cn3)nc2n1C1CCCC1. The van der Waals surface area contributed by atoms with Crippen molar-refractivity contribution in [1.82, 2.24) is 58.6 Å². The first-order valence-corrected chi connectivity index (χ1v) is 30.5. The molecule has 3 N–H and O–H groups in total. The molecule has 6 fully saturated rings. The predicted molar refractivity (Wildman–Crippen MR) is 331 cm³/mol. The Balaban J connectivity index is 0.000000160. The highest BCUT2D eigenvalue weighted by atomic mass is 35.5. The van der Waals surface area contributed by atoms with Crippen LogP contribution >= 0.6 is 11.6 Å². The molecule has 6 aromatic heterocycles. The van der Waals surface area contributed by atoms with E-state index in [4.69, 9.17) is 31.8 Å². The lowest BCUT2D eigenvalue weighted by atomic mass is 9.88. The third-order valence-electron chi connectivity index (χ3n) is 16.9. The van der Waals surface area contributed by atoms with Gasteiger partial charge in [0.25, 0.3) is 11.8 Å². The van der Waals surface area contributed by atoms with E-state index in [-0.39, 0.29) is 70.8 Å². The molecule has 464 valence electrons. The number of carbonyl (C=O) groups excluding carboxylic acids is 6. The average Bonchev–Trinajstić information content (AvgIpc) is 1.74. The van der Waals surface area contributed by atoms with Crippen LogP contribution in [0.1, 0.15) is 139 Å². The second kappa shape index (κ2) is 25.3. The van der Waals surface area contributed by atoms with Gasteiger partial charge in [-0.25, -0.2) is 29.5 Å². The molecule has 6 amide bonds. The zero-order valence-electron chi connectivity index (χ0n) is 51.5. The van der Waals surface area contributed by atoms with Crippen molar-refractivity contribution in [3.05, 3.63) is 77.9 Å². The quantitative estimate of drug-likeness (QED) is 0.134. The number of ether oxygens (including phenoxy) is 2. The number of likely N-dealkylation sites (tertiary alicyclic amines) is 2. The molecule has 4 aliphatic heterocycles. The van der Waals surface area contributed by atoms with Crippen LogP contribution in [0.15, 0.2) is 61.2 Å². The van der Waals surface area contributed by atoms with Gasteiger partial charge in [0.05, 0.1) is 23.8 Å². The summed E-state index contributed by atoms with van der Waals surface area (Å²) in [5.74, 6) is 2.17. The van der Waals surface area contributed by atoms with Gasteiger partial charge in [0.15, 0.2) is 0 Å². The first kappa shape index (κ1) is 61.9. The fourth-order valence-electron chi connectivity index (χ4n) is 12.7. The maximum Gasteiger partial charge on any atom is 0.410 e. The van der Waals surface area contributed by atoms with E-state index >= 15 is 0 Å². The fourth-order valence-corrected chi connectivity index (χ4v) is 12.9. The van der Waals surface area contributed by atoms with Gasteiger partial charge >= 0.3 is 12.2 Å². The Labute approximate surface area is 512 Å². The van der Waals surface area contributed by atoms with Crippen molar-refractivity contribution in [1.29, 1.82) is 0 Å². The number of nitrogens with two attached hydrogens (primary N) is 1. The Morgan fingerprint density at radius 3 is 1.44 bits per heavy atom. The van der Waals surface area contributed by atoms with Gasteiger partial charge in [0, 0.05) is 116 Å². The number of anilines is 5. The molecule has 2 saturated carbocycles. The monoisotopic (exact) mass is 1210 g/mol. The Bertz CT molecular complexity index is 3530. The molecule has 4 unspecified atom stereocenters. The summed E-state index contributed by atoms with van der Waals surface area (Å²) < 4.78 is 15.1. The molecule has 0 bridgehead atoms. The highest BCUT2D eigenvalue weighted by Gasteiger charge is 2.45. The molecule has 0 aromatic carbocycles. The van der Waals surface area contributed by atoms with Gasteiger partial charge in [-0.15, -0.1) is 0 Å². The number of nitrogens with one attached hydrogen (secondary N) is 1. The summed E-state index contributed by atoms with van der Waals surface area (Å²) in [5, 5.41) is 5.10. The average molecular weight is 1210 g/mol. The lowest BCUT2D eigenvalue weighted by Crippen LogP contribution is -2.44. The summed E-state index contributed by atoms with van der Waals surface area (Å²) in [7, 11) is 7.04. The van der Waals surface area contributed by atoms with E-state index in [9.17, 15) is 28.8 Å². The molecule has 0 radical (unpaired) electrons. The lowest BCUT2D eigenvalue weighted by molar-refractivity contribution is -0.122. The van der Waals surface area contributed by atoms with Gasteiger partial charge in [0.1, 0.15) is 45.5 Å². The molecule has 0 spiro atoms. The second-order valence-electron chi connectivity index (χ2n) is 26.2. The molecule has 4 atom stereocenters. The van der Waals surface area contributed by atoms with Crippen molar-refractivity contribution in [2.75, 3.05) is 88.3 Å². The summed E-state index contributed by atoms with van der Waals surface area (Å²) in [5.41, 5.74) is 8.81. The minimum absolute atomic E-state index is 0.00831. The number of halogens is 1. The van der Waals surface area contributed by atoms with Gasteiger partial charge in [-0.2, -0.15) is 9.97 Å². The Morgan fingerprint density at radius 2 is 1.01 bits per heavy atom. The molecule has 4 saturated heterocycles. The zero-order valence-corrected chi connectivity index (χ0v) is 52.3. The molecule has 25 heteroatoms. The number of nitrogens with zero attached hydrogens (tertiary/aromatic N) is 14. The van der Waals surface area contributed by atoms with Crippen LogP contribution in [0.3, 0.4) is 0 Å². The van der Waals surface area contributed by atoms with Gasteiger partial charge in [-0.05, 0) is 139 Å². The number of fused-ring (bicyclic) bond motifs is 4. The van der Waals surface area contributed by atoms with Crippen LogP contribution < -0.4 is 20.9 Å². The number of pyridine rings is 2. The van der Waals surface area contributed by atoms with Crippen LogP contribution in [0.5, 0.6) is 0 Å². The third-order valence-corrected chi connectivity index (χ3v) is 17.1. The third kappa shape index (κ3) is 14.2. The highest BCUT2D eigenvalue weighted by Crippen LogP contribution is 2.39. The number of piperidine rings is 2. The summed E-state index contributed by atoms with van der Waals surface area (Å²) in [6.45, 7) is 14.6. The minimum Gasteiger partial charge on any atom is -0.444 e. The minimum atomic E-state index is -0.556. The molecule has 2 aliphatic carbocycles. The Morgan fingerprint density at radius 1 is 0.575 bits per heavy atom. The van der Waals surface area contributed by atoms with E-state index in [1.54, 1.807) is 101 Å². The number of hydrogen-bond acceptors (Lipinski definition) is 16. The Hall–Kier alpha value is -8.15. The van der Waals surface area contributed by atoms with E-state index < -0.39 is 11.2 Å². The normalized spacial score (nSPS) is 20.6. The smallest absolute Gasteiger partial charge is 0.410 e. The Kier molecular flexibility index (Phi) is 18.0. The maximum absolute atomic E-state index is 13.1. The summed E-state index contributed by atoms with van der Waals surface area (Å²) >= 11 is 5.92. The van der Waals surface area contributed by atoms with Gasteiger partial charge < -0.3 is 59.1 Å². The maximum atomic E-state index is 13.1. The summed E-state index contributed by atoms with van der Waals surface area (Å²) in [4.78, 5) is 112. The van der Waals surface area contributed by atoms with Crippen molar-refractivity contribution < 1.29 is 38.2 Å². The first-order valence-electron chi connectivity index (χ1n) is 30.1. The number of carbonyl (C=O) groups is 6. The molecule has 12 rings (SSSR count). The van der Waals surface area contributed by atoms with E-state index in [1.165, 1.54) is 12.8 Å². The van der Waals surface area contributed by atoms with Crippen LogP contribution in [0.2, 0.25) is 5.28 Å². The number of rotatable bonds is 8. The van der Waals surface area contributed by atoms with E-state index in [0.717, 1.165) is 66.3 Å².